The van der Waals surface area contributed by atoms with Gasteiger partial charge in [-0.25, -0.2) is 0 Å². The predicted molar refractivity (Wildman–Crippen MR) is 82.9 cm³/mol. The maximum Gasteiger partial charge on any atom is 0.126 e. The van der Waals surface area contributed by atoms with E-state index in [9.17, 15) is 5.11 Å². The Morgan fingerprint density at radius 3 is 2.30 bits per heavy atom. The maximum absolute atomic E-state index is 10.0. The number of benzene rings is 2. The Hall–Kier alpha value is -2.00. The molecule has 0 unspecified atom stereocenters. The number of rotatable bonds is 4. The average molecular weight is 271 g/mol. The van der Waals surface area contributed by atoms with E-state index in [0.717, 1.165) is 16.9 Å². The van der Waals surface area contributed by atoms with Crippen LogP contribution < -0.4 is 9.64 Å². The van der Waals surface area contributed by atoms with Crippen molar-refractivity contribution in [1.29, 1.82) is 0 Å². The molecule has 0 spiro atoms. The Labute approximate surface area is 120 Å². The molecule has 0 aliphatic heterocycles. The van der Waals surface area contributed by atoms with Gasteiger partial charge in [-0.1, -0.05) is 23.8 Å². The molecule has 0 radical (unpaired) electrons. The first-order chi connectivity index (χ1) is 9.54. The summed E-state index contributed by atoms with van der Waals surface area (Å²) in [5, 5.41) is 10.0. The summed E-state index contributed by atoms with van der Waals surface area (Å²) in [5.74, 6) is 0.705. The Morgan fingerprint density at radius 2 is 1.75 bits per heavy atom. The van der Waals surface area contributed by atoms with Gasteiger partial charge in [-0.05, 0) is 38.1 Å². The molecule has 106 valence electrons. The van der Waals surface area contributed by atoms with Crippen molar-refractivity contribution in [3.05, 3.63) is 53.6 Å². The molecule has 0 aliphatic rings. The summed E-state index contributed by atoms with van der Waals surface area (Å²) in [6, 6.07) is 14.1. The van der Waals surface area contributed by atoms with Gasteiger partial charge in [-0.15, -0.1) is 0 Å². The van der Waals surface area contributed by atoms with E-state index in [2.05, 4.69) is 36.1 Å². The lowest BCUT2D eigenvalue weighted by Gasteiger charge is -2.25. The molecule has 0 fully saturated rings. The molecular weight excluding hydrogens is 250 g/mol. The van der Waals surface area contributed by atoms with Crippen LogP contribution in [0.1, 0.15) is 24.2 Å². The fourth-order valence-corrected chi connectivity index (χ4v) is 2.33. The fraction of sp³-hybridized carbons (Fsp3) is 0.294. The van der Waals surface area contributed by atoms with Crippen LogP contribution in [0, 0.1) is 6.92 Å². The number of ether oxygens (including phenoxy) is 1. The van der Waals surface area contributed by atoms with Crippen LogP contribution in [-0.4, -0.2) is 19.3 Å². The summed E-state index contributed by atoms with van der Waals surface area (Å²) < 4.78 is 5.37. The highest BCUT2D eigenvalue weighted by atomic mass is 16.5. The van der Waals surface area contributed by atoms with E-state index in [-0.39, 0.29) is 0 Å². The van der Waals surface area contributed by atoms with Crippen LogP contribution in [0.5, 0.6) is 5.75 Å². The van der Waals surface area contributed by atoms with E-state index >= 15 is 0 Å². The Balaban J connectivity index is 2.48. The molecule has 20 heavy (non-hydrogen) atoms. The average Bonchev–Trinajstić information content (AvgIpc) is 2.46. The summed E-state index contributed by atoms with van der Waals surface area (Å²) in [6.45, 7) is 3.82. The van der Waals surface area contributed by atoms with Crippen LogP contribution >= 0.6 is 0 Å². The van der Waals surface area contributed by atoms with Gasteiger partial charge in [-0.3, -0.25) is 0 Å². The molecule has 0 saturated heterocycles. The second kappa shape index (κ2) is 5.97. The number of methoxy groups -OCH3 is 1. The number of hydrogen-bond acceptors (Lipinski definition) is 3. The smallest absolute Gasteiger partial charge is 0.126 e. The maximum atomic E-state index is 10.0. The first kappa shape index (κ1) is 14.4. The van der Waals surface area contributed by atoms with E-state index in [1.807, 2.05) is 25.2 Å². The molecular formula is C17H21NO2. The molecule has 2 aromatic carbocycles. The zero-order chi connectivity index (χ0) is 14.7. The highest BCUT2D eigenvalue weighted by Crippen LogP contribution is 2.36. The zero-order valence-corrected chi connectivity index (χ0v) is 12.4. The highest BCUT2D eigenvalue weighted by molar-refractivity contribution is 5.69. The second-order valence-electron chi connectivity index (χ2n) is 4.96. The van der Waals surface area contributed by atoms with Crippen molar-refractivity contribution in [2.75, 3.05) is 19.1 Å². The normalized spacial score (nSPS) is 12.1. The monoisotopic (exact) mass is 271 g/mol. The van der Waals surface area contributed by atoms with Gasteiger partial charge in [0.2, 0.25) is 0 Å². The summed E-state index contributed by atoms with van der Waals surface area (Å²) in [5.41, 5.74) is 4.05. The molecule has 0 aliphatic carbocycles. The Morgan fingerprint density at radius 1 is 1.10 bits per heavy atom. The Bertz CT molecular complexity index is 576. The van der Waals surface area contributed by atoms with Crippen molar-refractivity contribution in [3.63, 3.8) is 0 Å². The van der Waals surface area contributed by atoms with Gasteiger partial charge in [0.15, 0.2) is 0 Å². The SMILES string of the molecule is COc1cccc(N(C)c2ccc(C)cc2)c1[C@H](C)O. The molecule has 1 N–H and O–H groups in total. The molecule has 0 amide bonds. The minimum absolute atomic E-state index is 0.589. The van der Waals surface area contributed by atoms with Crippen LogP contribution in [0.4, 0.5) is 11.4 Å². The van der Waals surface area contributed by atoms with Crippen molar-refractivity contribution >= 4 is 11.4 Å². The lowest BCUT2D eigenvalue weighted by Crippen LogP contribution is -2.13. The van der Waals surface area contributed by atoms with E-state index in [0.29, 0.717) is 5.75 Å². The van der Waals surface area contributed by atoms with Crippen LogP contribution in [0.15, 0.2) is 42.5 Å². The largest absolute Gasteiger partial charge is 0.496 e. The lowest BCUT2D eigenvalue weighted by atomic mass is 10.1. The van der Waals surface area contributed by atoms with Gasteiger partial charge in [0.05, 0.1) is 18.9 Å². The highest BCUT2D eigenvalue weighted by Gasteiger charge is 2.17. The van der Waals surface area contributed by atoms with Crippen LogP contribution in [0.25, 0.3) is 0 Å². The molecule has 3 nitrogen and oxygen atoms in total. The predicted octanol–water partition coefficient (Wildman–Crippen LogP) is 3.82. The topological polar surface area (TPSA) is 32.7 Å². The number of hydrogen-bond donors (Lipinski definition) is 1. The third kappa shape index (κ3) is 2.78. The van der Waals surface area contributed by atoms with E-state index in [1.165, 1.54) is 5.56 Å². The molecule has 0 aromatic heterocycles. The molecule has 2 rings (SSSR count). The molecule has 0 saturated carbocycles. The van der Waals surface area contributed by atoms with Gasteiger partial charge in [0, 0.05) is 18.3 Å². The first-order valence-electron chi connectivity index (χ1n) is 6.70. The minimum atomic E-state index is -0.589. The molecule has 0 heterocycles. The van der Waals surface area contributed by atoms with Crippen LogP contribution in [-0.2, 0) is 0 Å². The van der Waals surface area contributed by atoms with Crippen molar-refractivity contribution in [1.82, 2.24) is 0 Å². The van der Waals surface area contributed by atoms with Crippen molar-refractivity contribution < 1.29 is 9.84 Å². The summed E-state index contributed by atoms with van der Waals surface area (Å²) >= 11 is 0. The van der Waals surface area contributed by atoms with Gasteiger partial charge < -0.3 is 14.7 Å². The van der Waals surface area contributed by atoms with Gasteiger partial charge >= 0.3 is 0 Å². The number of nitrogens with zero attached hydrogens (tertiary/aromatic N) is 1. The minimum Gasteiger partial charge on any atom is -0.496 e. The van der Waals surface area contributed by atoms with Gasteiger partial charge in [-0.2, -0.15) is 0 Å². The van der Waals surface area contributed by atoms with Gasteiger partial charge in [0.1, 0.15) is 5.75 Å². The quantitative estimate of drug-likeness (QED) is 0.917. The first-order valence-corrected chi connectivity index (χ1v) is 6.70. The van der Waals surface area contributed by atoms with Crippen LogP contribution in [0.2, 0.25) is 0 Å². The van der Waals surface area contributed by atoms with Crippen molar-refractivity contribution in [2.45, 2.75) is 20.0 Å². The molecule has 0 bridgehead atoms. The van der Waals surface area contributed by atoms with E-state index in [1.54, 1.807) is 14.0 Å². The fourth-order valence-electron chi connectivity index (χ4n) is 2.33. The third-order valence-electron chi connectivity index (χ3n) is 3.46. The van der Waals surface area contributed by atoms with E-state index < -0.39 is 6.10 Å². The van der Waals surface area contributed by atoms with Gasteiger partial charge in [0.25, 0.3) is 0 Å². The number of aliphatic hydroxyl groups is 1. The summed E-state index contributed by atoms with van der Waals surface area (Å²) in [6.07, 6.45) is -0.589. The molecule has 3 heteroatoms. The second-order valence-corrected chi connectivity index (χ2v) is 4.96. The summed E-state index contributed by atoms with van der Waals surface area (Å²) in [7, 11) is 3.61. The number of anilines is 2. The molecule has 1 atom stereocenters. The van der Waals surface area contributed by atoms with Crippen LogP contribution in [0.3, 0.4) is 0 Å². The van der Waals surface area contributed by atoms with Crippen molar-refractivity contribution in [2.24, 2.45) is 0 Å². The third-order valence-corrected chi connectivity index (χ3v) is 3.46. The molecule has 2 aromatic rings. The summed E-state index contributed by atoms with van der Waals surface area (Å²) in [4.78, 5) is 2.06. The standard InChI is InChI=1S/C17H21NO2/c1-12-8-10-14(11-9-12)18(3)15-6-5-7-16(20-4)17(15)13(2)19/h5-11,13,19H,1-4H3/t13-/m0/s1. The number of aryl methyl sites for hydroxylation is 1. The zero-order valence-electron chi connectivity index (χ0n) is 12.4. The van der Waals surface area contributed by atoms with E-state index in [4.69, 9.17) is 4.74 Å². The Kier molecular flexibility index (Phi) is 4.30. The number of aliphatic hydroxyl groups excluding tert-OH is 1. The van der Waals surface area contributed by atoms with Crippen molar-refractivity contribution in [3.8, 4) is 5.75 Å². The lowest BCUT2D eigenvalue weighted by molar-refractivity contribution is 0.195.